The lowest BCUT2D eigenvalue weighted by Crippen LogP contribution is -2.13. The third kappa shape index (κ3) is 3.50. The minimum absolute atomic E-state index is 0.0640. The maximum absolute atomic E-state index is 12.0. The predicted molar refractivity (Wildman–Crippen MR) is 88.5 cm³/mol. The first-order valence-corrected chi connectivity index (χ1v) is 7.97. The summed E-state index contributed by atoms with van der Waals surface area (Å²) in [5.41, 5.74) is 0.660. The molecular weight excluding hydrogens is 306 g/mol. The number of benzene rings is 2. The van der Waals surface area contributed by atoms with Crippen molar-refractivity contribution in [1.29, 1.82) is 5.26 Å². The van der Waals surface area contributed by atoms with Crippen molar-refractivity contribution in [2.45, 2.75) is 38.1 Å². The highest BCUT2D eigenvalue weighted by Gasteiger charge is 2.39. The van der Waals surface area contributed by atoms with Gasteiger partial charge in [0.1, 0.15) is 11.8 Å². The fourth-order valence-electron chi connectivity index (χ4n) is 2.76. The largest absolute Gasteiger partial charge is 0.497 e. The first-order chi connectivity index (χ1) is 11.6. The van der Waals surface area contributed by atoms with Gasteiger partial charge in [-0.25, -0.2) is 0 Å². The molecule has 0 N–H and O–H groups in total. The molecule has 2 aromatic carbocycles. The Balaban J connectivity index is 1.72. The van der Waals surface area contributed by atoms with Crippen LogP contribution in [0.2, 0.25) is 0 Å². The molecule has 124 valence electrons. The molecule has 5 nitrogen and oxygen atoms in total. The fraction of sp³-hybridized carbons (Fsp3) is 0.368. The summed E-state index contributed by atoms with van der Waals surface area (Å²) >= 11 is 0. The van der Waals surface area contributed by atoms with Crippen LogP contribution in [0.4, 0.5) is 0 Å². The Kier molecular flexibility index (Phi) is 4.68. The van der Waals surface area contributed by atoms with E-state index in [2.05, 4.69) is 0 Å². The number of hydrogen-bond acceptors (Lipinski definition) is 5. The molecule has 1 saturated heterocycles. The van der Waals surface area contributed by atoms with Gasteiger partial charge in [0.2, 0.25) is 6.10 Å². The Labute approximate surface area is 140 Å². The summed E-state index contributed by atoms with van der Waals surface area (Å²) in [5, 5.41) is 11.3. The highest BCUT2D eigenvalue weighted by molar-refractivity contribution is 5.84. The first-order valence-electron chi connectivity index (χ1n) is 7.97. The van der Waals surface area contributed by atoms with Crippen LogP contribution in [0.15, 0.2) is 36.4 Å². The minimum Gasteiger partial charge on any atom is -0.497 e. The Morgan fingerprint density at radius 2 is 2.00 bits per heavy atom. The van der Waals surface area contributed by atoms with E-state index < -0.39 is 12.1 Å². The standard InChI is InChI=1S/C19H19NO4/c1-3-16-17(23-16)10-19(21)24-18(11-20)14-5-4-13-9-15(22-2)7-6-12(13)8-14/h4-9,16-18H,3,10H2,1-2H3. The highest BCUT2D eigenvalue weighted by atomic mass is 16.6. The molecule has 0 aromatic heterocycles. The number of ether oxygens (including phenoxy) is 3. The molecule has 0 spiro atoms. The summed E-state index contributed by atoms with van der Waals surface area (Å²) in [4.78, 5) is 12.0. The van der Waals surface area contributed by atoms with E-state index >= 15 is 0 Å². The second-order valence-electron chi connectivity index (χ2n) is 5.80. The lowest BCUT2D eigenvalue weighted by molar-refractivity contribution is -0.147. The van der Waals surface area contributed by atoms with Crippen LogP contribution < -0.4 is 4.74 Å². The molecule has 1 aliphatic heterocycles. The van der Waals surface area contributed by atoms with Gasteiger partial charge in [-0.2, -0.15) is 5.26 Å². The van der Waals surface area contributed by atoms with E-state index in [1.807, 2.05) is 43.3 Å². The summed E-state index contributed by atoms with van der Waals surface area (Å²) in [7, 11) is 1.62. The van der Waals surface area contributed by atoms with Crippen LogP contribution in [0, 0.1) is 11.3 Å². The number of esters is 1. The highest BCUT2D eigenvalue weighted by Crippen LogP contribution is 2.30. The average molecular weight is 325 g/mol. The van der Waals surface area contributed by atoms with Crippen LogP contribution in [-0.4, -0.2) is 25.3 Å². The zero-order chi connectivity index (χ0) is 17.1. The third-order valence-corrected chi connectivity index (χ3v) is 4.20. The molecule has 0 bridgehead atoms. The number of rotatable bonds is 6. The van der Waals surface area contributed by atoms with Crippen molar-refractivity contribution in [3.05, 3.63) is 42.0 Å². The molecule has 0 saturated carbocycles. The fourth-order valence-corrected chi connectivity index (χ4v) is 2.76. The van der Waals surface area contributed by atoms with Crippen LogP contribution >= 0.6 is 0 Å². The number of methoxy groups -OCH3 is 1. The zero-order valence-corrected chi connectivity index (χ0v) is 13.7. The summed E-state index contributed by atoms with van der Waals surface area (Å²) in [6.45, 7) is 2.01. The van der Waals surface area contributed by atoms with Crippen LogP contribution in [0.3, 0.4) is 0 Å². The third-order valence-electron chi connectivity index (χ3n) is 4.20. The molecule has 3 unspecified atom stereocenters. The van der Waals surface area contributed by atoms with Gasteiger partial charge < -0.3 is 14.2 Å². The molecule has 1 aliphatic rings. The second-order valence-corrected chi connectivity index (χ2v) is 5.80. The van der Waals surface area contributed by atoms with Gasteiger partial charge in [0.25, 0.3) is 0 Å². The number of nitriles is 1. The predicted octanol–water partition coefficient (Wildman–Crippen LogP) is 3.52. The Bertz CT molecular complexity index is 796. The van der Waals surface area contributed by atoms with E-state index in [9.17, 15) is 10.1 Å². The number of fused-ring (bicyclic) bond motifs is 1. The van der Waals surface area contributed by atoms with E-state index in [4.69, 9.17) is 14.2 Å². The zero-order valence-electron chi connectivity index (χ0n) is 13.7. The van der Waals surface area contributed by atoms with E-state index in [0.717, 1.165) is 22.9 Å². The maximum Gasteiger partial charge on any atom is 0.310 e. The molecule has 1 heterocycles. The quantitative estimate of drug-likeness (QED) is 0.600. The van der Waals surface area contributed by atoms with Gasteiger partial charge in [0, 0.05) is 5.56 Å². The van der Waals surface area contributed by atoms with Crippen molar-refractivity contribution in [2.24, 2.45) is 0 Å². The van der Waals surface area contributed by atoms with Crippen molar-refractivity contribution in [1.82, 2.24) is 0 Å². The lowest BCUT2D eigenvalue weighted by Gasteiger charge is -2.12. The Hall–Kier alpha value is -2.58. The van der Waals surface area contributed by atoms with Gasteiger partial charge in [-0.1, -0.05) is 25.1 Å². The SMILES string of the molecule is CCC1OC1CC(=O)OC(C#N)c1ccc2cc(OC)ccc2c1. The van der Waals surface area contributed by atoms with Crippen LogP contribution in [0.25, 0.3) is 10.8 Å². The van der Waals surface area contributed by atoms with Gasteiger partial charge in [0.15, 0.2) is 0 Å². The van der Waals surface area contributed by atoms with Crippen molar-refractivity contribution in [2.75, 3.05) is 7.11 Å². The van der Waals surface area contributed by atoms with E-state index in [-0.39, 0.29) is 18.6 Å². The van der Waals surface area contributed by atoms with Gasteiger partial charge in [-0.3, -0.25) is 4.79 Å². The number of nitrogens with zero attached hydrogens (tertiary/aromatic N) is 1. The maximum atomic E-state index is 12.0. The number of carbonyl (C=O) groups excluding carboxylic acids is 1. The molecule has 3 rings (SSSR count). The molecule has 1 fully saturated rings. The molecule has 0 aliphatic carbocycles. The normalized spacial score (nSPS) is 20.2. The summed E-state index contributed by atoms with van der Waals surface area (Å²) < 4.78 is 15.9. The van der Waals surface area contributed by atoms with Crippen molar-refractivity contribution in [3.63, 3.8) is 0 Å². The summed E-state index contributed by atoms with van der Waals surface area (Å²) in [5.74, 6) is 0.366. The molecule has 0 amide bonds. The van der Waals surface area contributed by atoms with Crippen molar-refractivity contribution >= 4 is 16.7 Å². The molecule has 5 heteroatoms. The Morgan fingerprint density at radius 3 is 2.67 bits per heavy atom. The van der Waals surface area contributed by atoms with Crippen LogP contribution in [-0.2, 0) is 14.3 Å². The molecule has 0 radical (unpaired) electrons. The molecule has 24 heavy (non-hydrogen) atoms. The number of hydrogen-bond donors (Lipinski definition) is 0. The van der Waals surface area contributed by atoms with Gasteiger partial charge in [-0.15, -0.1) is 0 Å². The van der Waals surface area contributed by atoms with Crippen LogP contribution in [0.5, 0.6) is 5.75 Å². The monoisotopic (exact) mass is 325 g/mol. The smallest absolute Gasteiger partial charge is 0.310 e. The Morgan fingerprint density at radius 1 is 1.25 bits per heavy atom. The van der Waals surface area contributed by atoms with Gasteiger partial charge in [0.05, 0.1) is 25.7 Å². The molecule has 3 atom stereocenters. The number of epoxide rings is 1. The average Bonchev–Trinajstić information content (AvgIpc) is 3.36. The van der Waals surface area contributed by atoms with E-state index in [1.165, 1.54) is 0 Å². The summed E-state index contributed by atoms with van der Waals surface area (Å²) in [6, 6.07) is 13.3. The minimum atomic E-state index is -0.914. The molecular formula is C19H19NO4. The van der Waals surface area contributed by atoms with Gasteiger partial charge >= 0.3 is 5.97 Å². The lowest BCUT2D eigenvalue weighted by atomic mass is 10.0. The second kappa shape index (κ2) is 6.90. The van der Waals surface area contributed by atoms with Crippen LogP contribution in [0.1, 0.15) is 31.4 Å². The first kappa shape index (κ1) is 16.3. The molecule has 2 aromatic rings. The van der Waals surface area contributed by atoms with Crippen molar-refractivity contribution < 1.29 is 19.0 Å². The number of carbonyl (C=O) groups is 1. The topological polar surface area (TPSA) is 71.8 Å². The van der Waals surface area contributed by atoms with E-state index in [0.29, 0.717) is 5.56 Å². The van der Waals surface area contributed by atoms with Crippen molar-refractivity contribution in [3.8, 4) is 11.8 Å². The van der Waals surface area contributed by atoms with Gasteiger partial charge in [-0.05, 0) is 35.4 Å². The van der Waals surface area contributed by atoms with E-state index in [1.54, 1.807) is 13.2 Å². The summed E-state index contributed by atoms with van der Waals surface area (Å²) in [6.07, 6.45) is 0.248.